The SMILES string of the molecule is CCOc1ccc(/C=N\NC(=O)CN(c2ccc(C)c(Cl)c2)S(C)(=O)=O)cc1. The van der Waals surface area contributed by atoms with Crippen molar-refractivity contribution in [1.29, 1.82) is 0 Å². The number of halogens is 1. The molecule has 2 aromatic carbocycles. The fourth-order valence-electron chi connectivity index (χ4n) is 2.30. The number of carbonyl (C=O) groups excluding carboxylic acids is 1. The van der Waals surface area contributed by atoms with Crippen molar-refractivity contribution < 1.29 is 17.9 Å². The van der Waals surface area contributed by atoms with E-state index in [9.17, 15) is 13.2 Å². The fourth-order valence-corrected chi connectivity index (χ4v) is 3.32. The summed E-state index contributed by atoms with van der Waals surface area (Å²) in [4.78, 5) is 12.2. The Morgan fingerprint density at radius 1 is 1.25 bits per heavy atom. The van der Waals surface area contributed by atoms with Gasteiger partial charge in [-0.1, -0.05) is 17.7 Å². The van der Waals surface area contributed by atoms with Crippen LogP contribution in [0.2, 0.25) is 5.02 Å². The first-order valence-corrected chi connectivity index (χ1v) is 10.7. The molecule has 7 nitrogen and oxygen atoms in total. The normalized spacial score (nSPS) is 11.4. The van der Waals surface area contributed by atoms with Gasteiger partial charge in [-0.15, -0.1) is 0 Å². The Morgan fingerprint density at radius 3 is 2.50 bits per heavy atom. The van der Waals surface area contributed by atoms with E-state index in [2.05, 4.69) is 10.5 Å². The average molecular weight is 424 g/mol. The summed E-state index contributed by atoms with van der Waals surface area (Å²) in [6.45, 7) is 3.86. The summed E-state index contributed by atoms with van der Waals surface area (Å²) in [6.07, 6.45) is 2.48. The van der Waals surface area contributed by atoms with E-state index < -0.39 is 22.5 Å². The van der Waals surface area contributed by atoms with Crippen molar-refractivity contribution in [3.8, 4) is 5.75 Å². The van der Waals surface area contributed by atoms with Gasteiger partial charge in [-0.05, 0) is 61.4 Å². The van der Waals surface area contributed by atoms with Crippen LogP contribution in [0.15, 0.2) is 47.6 Å². The Hall–Kier alpha value is -2.58. The molecule has 0 unspecified atom stereocenters. The van der Waals surface area contributed by atoms with E-state index in [4.69, 9.17) is 16.3 Å². The maximum absolute atomic E-state index is 12.2. The lowest BCUT2D eigenvalue weighted by Gasteiger charge is -2.21. The molecule has 0 spiro atoms. The first kappa shape index (κ1) is 21.7. The fraction of sp³-hybridized carbons (Fsp3) is 0.263. The zero-order valence-corrected chi connectivity index (χ0v) is 17.4. The number of hydrazone groups is 1. The smallest absolute Gasteiger partial charge is 0.260 e. The molecule has 150 valence electrons. The number of amides is 1. The minimum atomic E-state index is -3.68. The van der Waals surface area contributed by atoms with E-state index in [1.54, 1.807) is 43.3 Å². The van der Waals surface area contributed by atoms with E-state index in [0.717, 1.165) is 27.4 Å². The molecule has 0 saturated carbocycles. The molecule has 0 aliphatic carbocycles. The Labute approximate surface area is 170 Å². The first-order chi connectivity index (χ1) is 13.2. The number of benzene rings is 2. The molecule has 1 N–H and O–H groups in total. The van der Waals surface area contributed by atoms with Gasteiger partial charge >= 0.3 is 0 Å². The van der Waals surface area contributed by atoms with E-state index in [1.165, 1.54) is 12.3 Å². The molecule has 2 rings (SSSR count). The van der Waals surface area contributed by atoms with Gasteiger partial charge in [0.1, 0.15) is 12.3 Å². The van der Waals surface area contributed by atoms with Crippen molar-refractivity contribution in [3.63, 3.8) is 0 Å². The molecular formula is C19H22ClN3O4S. The van der Waals surface area contributed by atoms with E-state index >= 15 is 0 Å². The highest BCUT2D eigenvalue weighted by Gasteiger charge is 2.21. The first-order valence-electron chi connectivity index (χ1n) is 8.49. The molecule has 28 heavy (non-hydrogen) atoms. The van der Waals surface area contributed by atoms with Gasteiger partial charge in [0, 0.05) is 5.02 Å². The highest BCUT2D eigenvalue weighted by atomic mass is 35.5. The maximum Gasteiger partial charge on any atom is 0.260 e. The van der Waals surface area contributed by atoms with Crippen LogP contribution in [0.25, 0.3) is 0 Å². The number of carbonyl (C=O) groups is 1. The lowest BCUT2D eigenvalue weighted by atomic mass is 10.2. The number of ether oxygens (including phenoxy) is 1. The molecular weight excluding hydrogens is 402 g/mol. The van der Waals surface area contributed by atoms with Crippen molar-refractivity contribution in [2.45, 2.75) is 13.8 Å². The second kappa shape index (κ2) is 9.57. The van der Waals surface area contributed by atoms with Crippen LogP contribution in [0.4, 0.5) is 5.69 Å². The van der Waals surface area contributed by atoms with Crippen molar-refractivity contribution in [2.24, 2.45) is 5.10 Å². The second-order valence-corrected chi connectivity index (χ2v) is 8.31. The van der Waals surface area contributed by atoms with E-state index in [1.807, 2.05) is 6.92 Å². The molecule has 0 fully saturated rings. The monoisotopic (exact) mass is 423 g/mol. The zero-order chi connectivity index (χ0) is 20.7. The Kier molecular flexibility index (Phi) is 7.42. The molecule has 2 aromatic rings. The molecule has 9 heteroatoms. The topological polar surface area (TPSA) is 88.1 Å². The van der Waals surface area contributed by atoms with E-state index in [0.29, 0.717) is 17.3 Å². The van der Waals surface area contributed by atoms with Crippen molar-refractivity contribution >= 4 is 39.4 Å². The maximum atomic E-state index is 12.2. The van der Waals surface area contributed by atoms with Crippen LogP contribution in [-0.4, -0.2) is 39.9 Å². The third-order valence-electron chi connectivity index (χ3n) is 3.72. The van der Waals surface area contributed by atoms with Crippen molar-refractivity contribution in [2.75, 3.05) is 23.7 Å². The molecule has 0 atom stereocenters. The number of hydrogen-bond acceptors (Lipinski definition) is 5. The summed E-state index contributed by atoms with van der Waals surface area (Å²) in [5.74, 6) is 0.161. The number of anilines is 1. The molecule has 0 radical (unpaired) electrons. The van der Waals surface area contributed by atoms with Crippen molar-refractivity contribution in [1.82, 2.24) is 5.43 Å². The predicted octanol–water partition coefficient (Wildman–Crippen LogP) is 2.96. The molecule has 0 heterocycles. The van der Waals surface area contributed by atoms with Gasteiger partial charge in [0.05, 0.1) is 24.8 Å². The van der Waals surface area contributed by atoms with Crippen LogP contribution in [0, 0.1) is 6.92 Å². The molecule has 0 bridgehead atoms. The summed E-state index contributed by atoms with van der Waals surface area (Å²) in [5.41, 5.74) is 4.21. The second-order valence-electron chi connectivity index (χ2n) is 6.00. The quantitative estimate of drug-likeness (QED) is 0.522. The van der Waals surface area contributed by atoms with Gasteiger partial charge in [0.25, 0.3) is 5.91 Å². The summed E-state index contributed by atoms with van der Waals surface area (Å²) in [6, 6.07) is 12.0. The Morgan fingerprint density at radius 2 is 1.93 bits per heavy atom. The number of hydrogen-bond donors (Lipinski definition) is 1. The minimum Gasteiger partial charge on any atom is -0.494 e. The molecule has 0 saturated heterocycles. The van der Waals surface area contributed by atoms with Gasteiger partial charge in [-0.2, -0.15) is 5.10 Å². The predicted molar refractivity (Wildman–Crippen MR) is 112 cm³/mol. The lowest BCUT2D eigenvalue weighted by molar-refractivity contribution is -0.119. The molecule has 0 aromatic heterocycles. The minimum absolute atomic E-state index is 0.309. The van der Waals surface area contributed by atoms with Gasteiger partial charge in [0.2, 0.25) is 10.0 Å². The van der Waals surface area contributed by atoms with Crippen molar-refractivity contribution in [3.05, 3.63) is 58.6 Å². The summed E-state index contributed by atoms with van der Waals surface area (Å²) in [5, 5.41) is 4.28. The van der Waals surface area contributed by atoms with Gasteiger partial charge in [0.15, 0.2) is 0 Å². The van der Waals surface area contributed by atoms with Crippen LogP contribution < -0.4 is 14.5 Å². The summed E-state index contributed by atoms with van der Waals surface area (Å²) < 4.78 is 30.5. The standard InChI is InChI=1S/C19H22ClN3O4S/c1-4-27-17-9-6-15(7-10-17)12-21-22-19(24)13-23(28(3,25)26)16-8-5-14(2)18(20)11-16/h5-12H,4,13H2,1-3H3,(H,22,24)/b21-12-. The zero-order valence-electron chi connectivity index (χ0n) is 15.8. The van der Waals surface area contributed by atoms with Gasteiger partial charge in [-0.3, -0.25) is 9.10 Å². The molecule has 0 aliphatic rings. The number of nitrogens with one attached hydrogen (secondary N) is 1. The van der Waals surface area contributed by atoms with Crippen LogP contribution in [0.5, 0.6) is 5.75 Å². The molecule has 0 aliphatic heterocycles. The highest BCUT2D eigenvalue weighted by Crippen LogP contribution is 2.24. The highest BCUT2D eigenvalue weighted by molar-refractivity contribution is 7.92. The Bertz CT molecular complexity index is 960. The molecule has 1 amide bonds. The lowest BCUT2D eigenvalue weighted by Crippen LogP contribution is -2.39. The van der Waals surface area contributed by atoms with Gasteiger partial charge < -0.3 is 4.74 Å². The third kappa shape index (κ3) is 6.24. The van der Waals surface area contributed by atoms with Gasteiger partial charge in [-0.25, -0.2) is 13.8 Å². The Balaban J connectivity index is 2.04. The number of aryl methyl sites for hydroxylation is 1. The van der Waals surface area contributed by atoms with E-state index in [-0.39, 0.29) is 0 Å². The number of rotatable bonds is 8. The largest absolute Gasteiger partial charge is 0.494 e. The summed E-state index contributed by atoms with van der Waals surface area (Å²) in [7, 11) is -3.68. The average Bonchev–Trinajstić information content (AvgIpc) is 2.63. The van der Waals surface area contributed by atoms with Crippen LogP contribution >= 0.6 is 11.6 Å². The third-order valence-corrected chi connectivity index (χ3v) is 5.27. The summed E-state index contributed by atoms with van der Waals surface area (Å²) >= 11 is 6.07. The van der Waals surface area contributed by atoms with Crippen LogP contribution in [0.1, 0.15) is 18.1 Å². The number of sulfonamides is 1. The number of nitrogens with zero attached hydrogens (tertiary/aromatic N) is 2. The van der Waals surface area contributed by atoms with Crippen LogP contribution in [0.3, 0.4) is 0 Å². The van der Waals surface area contributed by atoms with Crippen LogP contribution in [-0.2, 0) is 14.8 Å².